The van der Waals surface area contributed by atoms with Gasteiger partial charge in [-0.15, -0.1) is 0 Å². The van der Waals surface area contributed by atoms with Crippen molar-refractivity contribution in [3.8, 4) is 17.5 Å². The summed E-state index contributed by atoms with van der Waals surface area (Å²) in [4.78, 5) is 6.07. The number of nitrogens with zero attached hydrogens (tertiary/aromatic N) is 3. The van der Waals surface area contributed by atoms with E-state index in [1.807, 2.05) is 18.2 Å². The Morgan fingerprint density at radius 1 is 1.10 bits per heavy atom. The van der Waals surface area contributed by atoms with Gasteiger partial charge in [0.05, 0.1) is 0 Å². The van der Waals surface area contributed by atoms with Crippen molar-refractivity contribution in [1.29, 1.82) is 5.26 Å². The van der Waals surface area contributed by atoms with Crippen molar-refractivity contribution in [2.24, 2.45) is 0 Å². The molecule has 5 rings (SSSR count). The Morgan fingerprint density at radius 2 is 2.00 bits per heavy atom. The van der Waals surface area contributed by atoms with Crippen LogP contribution in [-0.4, -0.2) is 68.7 Å². The molecule has 0 bridgehead atoms. The van der Waals surface area contributed by atoms with Crippen molar-refractivity contribution in [2.45, 2.75) is 10.4 Å². The molecule has 0 spiro atoms. The number of aromatic nitrogens is 3. The first kappa shape index (κ1) is 19.4. The monoisotopic (exact) mass is 461 g/mol. The maximum absolute atomic E-state index is 9.09. The Labute approximate surface area is 181 Å². The van der Waals surface area contributed by atoms with Crippen LogP contribution in [0.2, 0.25) is 5.21 Å². The number of benzene rings is 2. The third-order valence-electron chi connectivity index (χ3n) is 5.67. The Bertz CT molecular complexity index is 1220. The van der Waals surface area contributed by atoms with E-state index in [0.717, 1.165) is 54.1 Å². The topological polar surface area (TPSA) is 80.7 Å². The van der Waals surface area contributed by atoms with Crippen LogP contribution in [0.25, 0.3) is 33.2 Å². The fourth-order valence-corrected chi connectivity index (χ4v) is 6.43. The van der Waals surface area contributed by atoms with E-state index in [1.165, 1.54) is 27.9 Å². The van der Waals surface area contributed by atoms with Gasteiger partial charge in [0.25, 0.3) is 0 Å². The molecule has 1 atom stereocenters. The van der Waals surface area contributed by atoms with E-state index in [9.17, 15) is 0 Å². The SMILES string of the molecule is N#Cc1ccc2c(-c3cc4ccc(C[AsH]CCN5CCOCC5)cc4[nH]3)n[nH]c2c1. The normalized spacial score (nSPS) is 15.4. The van der Waals surface area contributed by atoms with Gasteiger partial charge in [0.15, 0.2) is 0 Å². The molecule has 0 saturated carbocycles. The predicted octanol–water partition coefficient (Wildman–Crippen LogP) is 3.27. The number of nitrogens with one attached hydrogen (secondary N) is 2. The first-order chi connectivity index (χ1) is 14.8. The zero-order valence-corrected chi connectivity index (χ0v) is 18.8. The van der Waals surface area contributed by atoms with Crippen LogP contribution >= 0.6 is 0 Å². The van der Waals surface area contributed by atoms with Gasteiger partial charge in [0.2, 0.25) is 0 Å². The summed E-state index contributed by atoms with van der Waals surface area (Å²) < 4.78 is 5.42. The van der Waals surface area contributed by atoms with E-state index in [1.54, 1.807) is 0 Å². The third kappa shape index (κ3) is 4.02. The van der Waals surface area contributed by atoms with Crippen LogP contribution in [0.15, 0.2) is 42.5 Å². The number of fused-ring (bicyclic) bond motifs is 2. The van der Waals surface area contributed by atoms with Gasteiger partial charge in [-0.2, -0.15) is 5.26 Å². The van der Waals surface area contributed by atoms with Crippen molar-refractivity contribution >= 4 is 37.6 Å². The second kappa shape index (κ2) is 8.65. The Morgan fingerprint density at radius 3 is 2.87 bits per heavy atom. The van der Waals surface area contributed by atoms with Crippen molar-refractivity contribution in [3.05, 3.63) is 53.6 Å². The minimum absolute atomic E-state index is 0.0227. The van der Waals surface area contributed by atoms with E-state index in [0.29, 0.717) is 5.56 Å². The molecule has 6 nitrogen and oxygen atoms in total. The van der Waals surface area contributed by atoms with Crippen LogP contribution in [0.4, 0.5) is 0 Å². The molecule has 2 aromatic carbocycles. The Hall–Kier alpha value is -2.58. The maximum atomic E-state index is 9.09. The van der Waals surface area contributed by atoms with Crippen LogP contribution in [0.1, 0.15) is 11.1 Å². The van der Waals surface area contributed by atoms with E-state index < -0.39 is 0 Å². The number of morpholine rings is 1. The average Bonchev–Trinajstić information content (AvgIpc) is 3.40. The number of hydrogen-bond donors (Lipinski definition) is 2. The molecule has 1 aliphatic rings. The third-order valence-corrected chi connectivity index (χ3v) is 8.26. The van der Waals surface area contributed by atoms with E-state index in [4.69, 9.17) is 10.00 Å². The van der Waals surface area contributed by atoms with Crippen LogP contribution in [0, 0.1) is 11.3 Å². The Kier molecular flexibility index (Phi) is 5.59. The molecule has 1 aliphatic heterocycles. The van der Waals surface area contributed by atoms with E-state index >= 15 is 0 Å². The summed E-state index contributed by atoms with van der Waals surface area (Å²) in [6, 6.07) is 16.7. The second-order valence-electron chi connectivity index (χ2n) is 7.68. The van der Waals surface area contributed by atoms with E-state index in [2.05, 4.69) is 50.4 Å². The summed E-state index contributed by atoms with van der Waals surface area (Å²) in [5, 5.41) is 21.4. The van der Waals surface area contributed by atoms with Crippen LogP contribution in [0.5, 0.6) is 0 Å². The number of hydrogen-bond acceptors (Lipinski definition) is 4. The van der Waals surface area contributed by atoms with Gasteiger partial charge in [-0.3, -0.25) is 0 Å². The number of H-pyrrole nitrogens is 2. The molecular weight excluding hydrogens is 437 g/mol. The van der Waals surface area contributed by atoms with Crippen LogP contribution in [-0.2, 0) is 9.95 Å². The van der Waals surface area contributed by atoms with Gasteiger partial charge < -0.3 is 0 Å². The summed E-state index contributed by atoms with van der Waals surface area (Å²) in [5.74, 6) is 0. The molecule has 30 heavy (non-hydrogen) atoms. The Balaban J connectivity index is 1.29. The van der Waals surface area contributed by atoms with Crippen LogP contribution in [0.3, 0.4) is 0 Å². The summed E-state index contributed by atoms with van der Waals surface area (Å²) in [6.07, 6.45) is 0. The minimum atomic E-state index is 0.0227. The van der Waals surface area contributed by atoms with Crippen molar-refractivity contribution in [1.82, 2.24) is 20.1 Å². The quantitative estimate of drug-likeness (QED) is 0.341. The van der Waals surface area contributed by atoms with Gasteiger partial charge in [-0.1, -0.05) is 0 Å². The van der Waals surface area contributed by atoms with Crippen molar-refractivity contribution < 1.29 is 4.74 Å². The first-order valence-electron chi connectivity index (χ1n) is 10.3. The summed E-state index contributed by atoms with van der Waals surface area (Å²) in [7, 11) is 0. The molecule has 1 unspecified atom stereocenters. The molecule has 4 aromatic rings. The summed E-state index contributed by atoms with van der Waals surface area (Å²) in [6.45, 7) is 5.16. The van der Waals surface area contributed by atoms with Gasteiger partial charge in [0.1, 0.15) is 0 Å². The van der Waals surface area contributed by atoms with E-state index in [-0.39, 0.29) is 15.8 Å². The molecule has 0 aliphatic carbocycles. The fourth-order valence-electron chi connectivity index (χ4n) is 4.00. The fraction of sp³-hybridized carbons (Fsp3) is 0.304. The molecule has 1 saturated heterocycles. The van der Waals surface area contributed by atoms with Crippen molar-refractivity contribution in [3.63, 3.8) is 0 Å². The molecule has 3 heterocycles. The zero-order chi connectivity index (χ0) is 20.3. The molecular formula is C23H24AsN5O. The summed E-state index contributed by atoms with van der Waals surface area (Å²) >= 11 is 0.0227. The number of nitriles is 1. The van der Waals surface area contributed by atoms with Gasteiger partial charge in [-0.25, -0.2) is 0 Å². The van der Waals surface area contributed by atoms with Crippen molar-refractivity contribution in [2.75, 3.05) is 32.8 Å². The summed E-state index contributed by atoms with van der Waals surface area (Å²) in [5.41, 5.74) is 5.99. The molecule has 152 valence electrons. The molecule has 2 N–H and O–H groups in total. The molecule has 1 fully saturated rings. The zero-order valence-electron chi connectivity index (χ0n) is 16.7. The number of rotatable bonds is 6. The first-order valence-corrected chi connectivity index (χ1v) is 13.3. The average molecular weight is 461 g/mol. The van der Waals surface area contributed by atoms with Gasteiger partial charge >= 0.3 is 177 Å². The van der Waals surface area contributed by atoms with Gasteiger partial charge in [-0.05, 0) is 0 Å². The molecule has 7 heteroatoms. The van der Waals surface area contributed by atoms with Crippen LogP contribution < -0.4 is 0 Å². The standard InChI is InChI=1S/C23H24AsN5O/c25-15-17-2-4-19-21(12-17)27-28-23(19)22-13-18-3-1-16(11-20(18)26-22)14-24-5-6-29-7-9-30-10-8-29/h1-4,11-13,24,26H,5-10,14H2,(H,27,28). The second-order valence-corrected chi connectivity index (χ2v) is 10.5. The predicted molar refractivity (Wildman–Crippen MR) is 121 cm³/mol. The molecule has 0 radical (unpaired) electrons. The molecule has 0 amide bonds. The van der Waals surface area contributed by atoms with Gasteiger partial charge in [0, 0.05) is 0 Å². The number of ether oxygens (including phenoxy) is 1. The molecule has 2 aromatic heterocycles. The number of aromatic amines is 2.